The number of primary amides is 1. The standard InChI is InChI=1S/C11H12N6O/c1-6-4-7(11(15)18)2-3-8(6)16-17-9(5-12)10(13)14/h2-4,16H,1H3,(H3,13,14)(H2,15,18)/b17-9+. The molecule has 7 heteroatoms. The number of benzene rings is 1. The molecule has 1 aromatic carbocycles. The van der Waals surface area contributed by atoms with Crippen LogP contribution in [-0.2, 0) is 0 Å². The van der Waals surface area contributed by atoms with Crippen LogP contribution in [0, 0.1) is 23.7 Å². The van der Waals surface area contributed by atoms with E-state index in [2.05, 4.69) is 10.5 Å². The Bertz CT molecular complexity index is 569. The van der Waals surface area contributed by atoms with E-state index in [9.17, 15) is 4.79 Å². The molecule has 1 amide bonds. The molecule has 0 aromatic heterocycles. The van der Waals surface area contributed by atoms with E-state index >= 15 is 0 Å². The first kappa shape index (κ1) is 13.2. The predicted molar refractivity (Wildman–Crippen MR) is 68.3 cm³/mol. The quantitative estimate of drug-likeness (QED) is 0.343. The number of nitrogens with one attached hydrogen (secondary N) is 2. The number of amidine groups is 1. The third-order valence-corrected chi connectivity index (χ3v) is 2.16. The minimum atomic E-state index is -0.519. The van der Waals surface area contributed by atoms with Crippen LogP contribution in [0.15, 0.2) is 23.3 Å². The summed E-state index contributed by atoms with van der Waals surface area (Å²) in [4.78, 5) is 11.0. The van der Waals surface area contributed by atoms with Crippen molar-refractivity contribution < 1.29 is 4.79 Å². The van der Waals surface area contributed by atoms with Gasteiger partial charge in [-0.3, -0.25) is 15.6 Å². The second kappa shape index (κ2) is 5.45. The van der Waals surface area contributed by atoms with Gasteiger partial charge in [-0.1, -0.05) is 0 Å². The molecule has 7 nitrogen and oxygen atoms in total. The number of anilines is 1. The molecule has 0 saturated carbocycles. The van der Waals surface area contributed by atoms with E-state index in [1.807, 2.05) is 0 Å². The summed E-state index contributed by atoms with van der Waals surface area (Å²) in [5.74, 6) is -0.939. The molecule has 0 heterocycles. The van der Waals surface area contributed by atoms with E-state index in [-0.39, 0.29) is 5.71 Å². The Kier molecular flexibility index (Phi) is 3.99. The van der Waals surface area contributed by atoms with E-state index in [0.29, 0.717) is 11.3 Å². The molecule has 0 fully saturated rings. The highest BCUT2D eigenvalue weighted by Crippen LogP contribution is 2.16. The van der Waals surface area contributed by atoms with Crippen molar-refractivity contribution in [2.45, 2.75) is 6.92 Å². The minimum Gasteiger partial charge on any atom is -0.382 e. The molecule has 0 atom stereocenters. The number of hydrazone groups is 1. The van der Waals surface area contributed by atoms with Crippen LogP contribution >= 0.6 is 0 Å². The maximum Gasteiger partial charge on any atom is 0.248 e. The fraction of sp³-hybridized carbons (Fsp3) is 0.0909. The van der Waals surface area contributed by atoms with Crippen molar-refractivity contribution >= 4 is 23.1 Å². The number of nitriles is 1. The highest BCUT2D eigenvalue weighted by atomic mass is 16.1. The Morgan fingerprint density at radius 2 is 2.17 bits per heavy atom. The summed E-state index contributed by atoms with van der Waals surface area (Å²) in [6.07, 6.45) is 0. The first-order valence-corrected chi connectivity index (χ1v) is 4.94. The highest BCUT2D eigenvalue weighted by molar-refractivity contribution is 6.45. The lowest BCUT2D eigenvalue weighted by Gasteiger charge is -2.06. The maximum atomic E-state index is 11.0. The van der Waals surface area contributed by atoms with Crippen LogP contribution in [-0.4, -0.2) is 17.5 Å². The van der Waals surface area contributed by atoms with Gasteiger partial charge in [0.1, 0.15) is 6.07 Å². The summed E-state index contributed by atoms with van der Waals surface area (Å²) >= 11 is 0. The Labute approximate surface area is 104 Å². The topological polar surface area (TPSA) is 141 Å². The zero-order valence-electron chi connectivity index (χ0n) is 9.69. The number of nitrogens with two attached hydrogens (primary N) is 2. The Morgan fingerprint density at radius 3 is 2.61 bits per heavy atom. The van der Waals surface area contributed by atoms with Crippen LogP contribution in [0.4, 0.5) is 5.69 Å². The number of hydrogen-bond acceptors (Lipinski definition) is 5. The molecule has 6 N–H and O–H groups in total. The van der Waals surface area contributed by atoms with Crippen molar-refractivity contribution in [2.75, 3.05) is 5.43 Å². The van der Waals surface area contributed by atoms with Crippen molar-refractivity contribution in [3.05, 3.63) is 29.3 Å². The molecule has 0 bridgehead atoms. The van der Waals surface area contributed by atoms with Gasteiger partial charge in [0.05, 0.1) is 5.69 Å². The van der Waals surface area contributed by atoms with E-state index < -0.39 is 11.7 Å². The average Bonchev–Trinajstić information content (AvgIpc) is 2.30. The van der Waals surface area contributed by atoms with Gasteiger partial charge in [0.25, 0.3) is 0 Å². The minimum absolute atomic E-state index is 0.214. The Morgan fingerprint density at radius 1 is 1.50 bits per heavy atom. The van der Waals surface area contributed by atoms with Crippen molar-refractivity contribution in [3.63, 3.8) is 0 Å². The van der Waals surface area contributed by atoms with E-state index in [4.69, 9.17) is 22.1 Å². The number of carbonyl (C=O) groups excluding carboxylic acids is 1. The van der Waals surface area contributed by atoms with Crippen LogP contribution in [0.1, 0.15) is 15.9 Å². The van der Waals surface area contributed by atoms with Crippen LogP contribution < -0.4 is 16.9 Å². The van der Waals surface area contributed by atoms with Crippen LogP contribution in [0.5, 0.6) is 0 Å². The number of amides is 1. The van der Waals surface area contributed by atoms with Crippen molar-refractivity contribution in [1.82, 2.24) is 0 Å². The lowest BCUT2D eigenvalue weighted by molar-refractivity contribution is 0.1000. The third kappa shape index (κ3) is 3.05. The number of carbonyl (C=O) groups is 1. The van der Waals surface area contributed by atoms with E-state index in [1.165, 1.54) is 6.07 Å². The molecule has 0 aliphatic rings. The van der Waals surface area contributed by atoms with Gasteiger partial charge in [-0.25, -0.2) is 0 Å². The second-order valence-corrected chi connectivity index (χ2v) is 3.49. The summed E-state index contributed by atoms with van der Waals surface area (Å²) < 4.78 is 0. The van der Waals surface area contributed by atoms with Crippen LogP contribution in [0.2, 0.25) is 0 Å². The second-order valence-electron chi connectivity index (χ2n) is 3.49. The van der Waals surface area contributed by atoms with Gasteiger partial charge in [0, 0.05) is 5.56 Å². The van der Waals surface area contributed by atoms with Crippen molar-refractivity contribution in [2.24, 2.45) is 16.6 Å². The zero-order chi connectivity index (χ0) is 13.7. The molecule has 0 aliphatic heterocycles. The third-order valence-electron chi connectivity index (χ3n) is 2.16. The SMILES string of the molecule is Cc1cc(C(N)=O)ccc1N/N=C(\C#N)C(=N)N. The molecule has 0 radical (unpaired) electrons. The molecule has 92 valence electrons. The summed E-state index contributed by atoms with van der Waals surface area (Å²) in [7, 11) is 0. The Hall–Kier alpha value is -2.88. The van der Waals surface area contributed by atoms with Crippen molar-refractivity contribution in [3.8, 4) is 6.07 Å². The van der Waals surface area contributed by atoms with Crippen molar-refractivity contribution in [1.29, 1.82) is 10.7 Å². The summed E-state index contributed by atoms with van der Waals surface area (Å²) in [6, 6.07) is 6.42. The number of hydrogen-bond donors (Lipinski definition) is 4. The van der Waals surface area contributed by atoms with Gasteiger partial charge >= 0.3 is 0 Å². The van der Waals surface area contributed by atoms with Gasteiger partial charge in [-0.05, 0) is 30.7 Å². The maximum absolute atomic E-state index is 11.0. The lowest BCUT2D eigenvalue weighted by Crippen LogP contribution is -2.22. The molecular weight excluding hydrogens is 232 g/mol. The smallest absolute Gasteiger partial charge is 0.248 e. The molecule has 1 rings (SSSR count). The number of nitrogens with zero attached hydrogens (tertiary/aromatic N) is 2. The van der Waals surface area contributed by atoms with Gasteiger partial charge in [0.15, 0.2) is 5.84 Å². The molecule has 1 aromatic rings. The predicted octanol–water partition coefficient (Wildman–Crippen LogP) is 0.321. The van der Waals surface area contributed by atoms with E-state index in [1.54, 1.807) is 25.1 Å². The molecule has 0 aliphatic carbocycles. The lowest BCUT2D eigenvalue weighted by atomic mass is 10.1. The largest absolute Gasteiger partial charge is 0.382 e. The highest BCUT2D eigenvalue weighted by Gasteiger charge is 2.05. The monoisotopic (exact) mass is 244 g/mol. The molecule has 0 saturated heterocycles. The zero-order valence-corrected chi connectivity index (χ0v) is 9.69. The summed E-state index contributed by atoms with van der Waals surface area (Å²) in [5, 5.41) is 19.4. The molecule has 0 unspecified atom stereocenters. The fourth-order valence-electron chi connectivity index (χ4n) is 1.20. The van der Waals surface area contributed by atoms with Gasteiger partial charge in [-0.2, -0.15) is 10.4 Å². The molecule has 0 spiro atoms. The Balaban J connectivity index is 2.97. The van der Waals surface area contributed by atoms with Gasteiger partial charge < -0.3 is 11.5 Å². The number of rotatable bonds is 4. The van der Waals surface area contributed by atoms with Gasteiger partial charge in [0.2, 0.25) is 11.6 Å². The fourth-order valence-corrected chi connectivity index (χ4v) is 1.20. The summed E-state index contributed by atoms with van der Waals surface area (Å²) in [5.41, 5.74) is 14.4. The normalized spacial score (nSPS) is 10.6. The number of aryl methyl sites for hydroxylation is 1. The summed E-state index contributed by atoms with van der Waals surface area (Å²) in [6.45, 7) is 1.75. The van der Waals surface area contributed by atoms with Gasteiger partial charge in [-0.15, -0.1) is 0 Å². The van der Waals surface area contributed by atoms with E-state index in [0.717, 1.165) is 5.56 Å². The molecule has 18 heavy (non-hydrogen) atoms. The first-order chi connectivity index (χ1) is 8.45. The molecular formula is C11H12N6O. The first-order valence-electron chi connectivity index (χ1n) is 4.94. The van der Waals surface area contributed by atoms with Crippen LogP contribution in [0.25, 0.3) is 0 Å². The van der Waals surface area contributed by atoms with Crippen LogP contribution in [0.3, 0.4) is 0 Å². The average molecular weight is 244 g/mol.